The molecule has 0 saturated carbocycles. The number of rotatable bonds is 5. The number of amides is 1. The number of aliphatic hydroxyl groups is 1. The zero-order valence-electron chi connectivity index (χ0n) is 7.66. The van der Waals surface area contributed by atoms with Gasteiger partial charge >= 0.3 is 0 Å². The van der Waals surface area contributed by atoms with E-state index in [0.29, 0.717) is 6.42 Å². The lowest BCUT2D eigenvalue weighted by Gasteiger charge is -2.19. The van der Waals surface area contributed by atoms with E-state index < -0.39 is 6.10 Å². The predicted molar refractivity (Wildman–Crippen MR) is 47.2 cm³/mol. The highest BCUT2D eigenvalue weighted by atomic mass is 16.3. The van der Waals surface area contributed by atoms with Crippen molar-refractivity contribution in [3.8, 4) is 0 Å². The van der Waals surface area contributed by atoms with Gasteiger partial charge in [-0.25, -0.2) is 0 Å². The molecular weight excluding hydrogens is 156 g/mol. The second-order valence-electron chi connectivity index (χ2n) is 3.40. The lowest BCUT2D eigenvalue weighted by molar-refractivity contribution is -0.119. The number of primary amides is 1. The highest BCUT2D eigenvalue weighted by molar-refractivity contribution is 5.74. The monoisotopic (exact) mass is 174 g/mol. The third-order valence-corrected chi connectivity index (χ3v) is 1.87. The molecule has 0 spiro atoms. The van der Waals surface area contributed by atoms with Crippen LogP contribution in [0.25, 0.3) is 0 Å². The maximum absolute atomic E-state index is 10.5. The molecule has 2 unspecified atom stereocenters. The molecule has 0 radical (unpaired) electrons. The predicted octanol–water partition coefficient (Wildman–Crippen LogP) is -0.404. The molecule has 12 heavy (non-hydrogen) atoms. The summed E-state index contributed by atoms with van der Waals surface area (Å²) in [7, 11) is 0. The van der Waals surface area contributed by atoms with E-state index in [4.69, 9.17) is 16.6 Å². The standard InChI is InChI=1S/C8H18N2O2/c1-5(3-8(10)12)7(9)4-6(2)11/h5-7,11H,3-4,9H2,1-2H3,(H2,10,12)/t5?,6-,7?/m1/s1. The van der Waals surface area contributed by atoms with Gasteiger partial charge in [0.25, 0.3) is 0 Å². The van der Waals surface area contributed by atoms with Crippen molar-refractivity contribution < 1.29 is 9.90 Å². The minimum absolute atomic E-state index is 0.0390. The summed E-state index contributed by atoms with van der Waals surface area (Å²) in [5, 5.41) is 9.01. The van der Waals surface area contributed by atoms with Gasteiger partial charge in [0.1, 0.15) is 0 Å². The van der Waals surface area contributed by atoms with E-state index in [1.54, 1.807) is 6.92 Å². The lowest BCUT2D eigenvalue weighted by atomic mass is 9.94. The maximum Gasteiger partial charge on any atom is 0.217 e. The van der Waals surface area contributed by atoms with E-state index >= 15 is 0 Å². The van der Waals surface area contributed by atoms with E-state index in [1.807, 2.05) is 6.92 Å². The van der Waals surface area contributed by atoms with Gasteiger partial charge in [0, 0.05) is 12.5 Å². The van der Waals surface area contributed by atoms with Crippen LogP contribution in [-0.4, -0.2) is 23.2 Å². The summed E-state index contributed by atoms with van der Waals surface area (Å²) in [4.78, 5) is 10.5. The van der Waals surface area contributed by atoms with Gasteiger partial charge in [0.15, 0.2) is 0 Å². The zero-order chi connectivity index (χ0) is 9.72. The molecule has 3 atom stereocenters. The van der Waals surface area contributed by atoms with Crippen LogP contribution in [0.2, 0.25) is 0 Å². The smallest absolute Gasteiger partial charge is 0.217 e. The van der Waals surface area contributed by atoms with Crippen LogP contribution in [0.15, 0.2) is 0 Å². The van der Waals surface area contributed by atoms with E-state index in [2.05, 4.69) is 0 Å². The summed E-state index contributed by atoms with van der Waals surface area (Å²) in [6, 6.07) is -0.155. The Kier molecular flexibility index (Phi) is 4.85. The van der Waals surface area contributed by atoms with E-state index in [9.17, 15) is 4.79 Å². The van der Waals surface area contributed by atoms with Gasteiger partial charge in [0.2, 0.25) is 5.91 Å². The van der Waals surface area contributed by atoms with Gasteiger partial charge in [-0.1, -0.05) is 6.92 Å². The Morgan fingerprint density at radius 3 is 2.33 bits per heavy atom. The molecule has 0 aromatic rings. The van der Waals surface area contributed by atoms with Crippen molar-refractivity contribution in [2.24, 2.45) is 17.4 Å². The van der Waals surface area contributed by atoms with Crippen LogP contribution < -0.4 is 11.5 Å². The Bertz CT molecular complexity index is 148. The van der Waals surface area contributed by atoms with Crippen molar-refractivity contribution >= 4 is 5.91 Å². The third kappa shape index (κ3) is 5.09. The molecule has 0 aromatic heterocycles. The van der Waals surface area contributed by atoms with Crippen molar-refractivity contribution in [3.05, 3.63) is 0 Å². The van der Waals surface area contributed by atoms with Gasteiger partial charge in [-0.15, -0.1) is 0 Å². The molecule has 0 rings (SSSR count). The van der Waals surface area contributed by atoms with Crippen molar-refractivity contribution in [2.45, 2.75) is 38.8 Å². The minimum atomic E-state index is -0.421. The average molecular weight is 174 g/mol. The van der Waals surface area contributed by atoms with Gasteiger partial charge in [0.05, 0.1) is 6.10 Å². The highest BCUT2D eigenvalue weighted by Crippen LogP contribution is 2.10. The first kappa shape index (κ1) is 11.4. The number of hydrogen-bond acceptors (Lipinski definition) is 3. The van der Waals surface area contributed by atoms with Crippen LogP contribution in [0.1, 0.15) is 26.7 Å². The molecule has 72 valence electrons. The zero-order valence-corrected chi connectivity index (χ0v) is 7.66. The minimum Gasteiger partial charge on any atom is -0.393 e. The first-order valence-corrected chi connectivity index (χ1v) is 4.15. The highest BCUT2D eigenvalue weighted by Gasteiger charge is 2.16. The molecule has 5 N–H and O–H groups in total. The quantitative estimate of drug-likeness (QED) is 0.529. The van der Waals surface area contributed by atoms with Gasteiger partial charge in [-0.2, -0.15) is 0 Å². The largest absolute Gasteiger partial charge is 0.393 e. The van der Waals surface area contributed by atoms with Crippen molar-refractivity contribution in [1.29, 1.82) is 0 Å². The Balaban J connectivity index is 3.76. The van der Waals surface area contributed by atoms with Gasteiger partial charge < -0.3 is 16.6 Å². The van der Waals surface area contributed by atoms with Crippen LogP contribution in [0.3, 0.4) is 0 Å². The molecule has 0 heterocycles. The third-order valence-electron chi connectivity index (χ3n) is 1.87. The molecule has 0 aliphatic carbocycles. The van der Waals surface area contributed by atoms with Crippen LogP contribution in [0.4, 0.5) is 0 Å². The Labute approximate surface area is 72.9 Å². The molecule has 4 nitrogen and oxygen atoms in total. The molecular formula is C8H18N2O2. The number of aliphatic hydroxyl groups excluding tert-OH is 1. The lowest BCUT2D eigenvalue weighted by Crippen LogP contribution is -2.34. The SMILES string of the molecule is CC(CC(N)=O)C(N)C[C@@H](C)O. The van der Waals surface area contributed by atoms with Crippen molar-refractivity contribution in [2.75, 3.05) is 0 Å². The summed E-state index contributed by atoms with van der Waals surface area (Å²) in [6.45, 7) is 3.54. The van der Waals surface area contributed by atoms with Crippen molar-refractivity contribution in [3.63, 3.8) is 0 Å². The molecule has 0 aromatic carbocycles. The summed E-state index contributed by atoms with van der Waals surface area (Å²) < 4.78 is 0. The number of nitrogens with two attached hydrogens (primary N) is 2. The van der Waals surface area contributed by atoms with E-state index in [0.717, 1.165) is 0 Å². The first-order valence-electron chi connectivity index (χ1n) is 4.15. The van der Waals surface area contributed by atoms with Gasteiger partial charge in [-0.05, 0) is 19.3 Å². The number of carbonyl (C=O) groups excluding carboxylic acids is 1. The van der Waals surface area contributed by atoms with Crippen LogP contribution in [0.5, 0.6) is 0 Å². The first-order chi connectivity index (χ1) is 5.43. The summed E-state index contributed by atoms with van der Waals surface area (Å²) in [5.41, 5.74) is 10.7. The topological polar surface area (TPSA) is 89.3 Å². The molecule has 0 aliphatic heterocycles. The average Bonchev–Trinajstić information content (AvgIpc) is 1.84. The van der Waals surface area contributed by atoms with Crippen LogP contribution in [-0.2, 0) is 4.79 Å². The molecule has 1 amide bonds. The molecule has 4 heteroatoms. The van der Waals surface area contributed by atoms with Crippen molar-refractivity contribution in [1.82, 2.24) is 0 Å². The molecule has 0 aliphatic rings. The second kappa shape index (κ2) is 5.11. The van der Waals surface area contributed by atoms with E-state index in [1.165, 1.54) is 0 Å². The maximum atomic E-state index is 10.5. The Morgan fingerprint density at radius 2 is 2.00 bits per heavy atom. The van der Waals surface area contributed by atoms with Gasteiger partial charge in [-0.3, -0.25) is 4.79 Å². The number of hydrogen-bond donors (Lipinski definition) is 3. The Morgan fingerprint density at radius 1 is 1.50 bits per heavy atom. The fraction of sp³-hybridized carbons (Fsp3) is 0.875. The summed E-state index contributed by atoms with van der Waals surface area (Å²) in [6.07, 6.45) is 0.373. The number of carbonyl (C=O) groups is 1. The molecule has 0 bridgehead atoms. The van der Waals surface area contributed by atoms with Crippen LogP contribution in [0, 0.1) is 5.92 Å². The molecule has 0 saturated heterocycles. The van der Waals surface area contributed by atoms with E-state index in [-0.39, 0.29) is 24.3 Å². The fourth-order valence-corrected chi connectivity index (χ4v) is 1.09. The summed E-state index contributed by atoms with van der Waals surface area (Å²) >= 11 is 0. The summed E-state index contributed by atoms with van der Waals surface area (Å²) in [5.74, 6) is -0.305. The fourth-order valence-electron chi connectivity index (χ4n) is 1.09. The Hall–Kier alpha value is -0.610. The second-order valence-corrected chi connectivity index (χ2v) is 3.40. The molecule has 0 fully saturated rings. The van der Waals surface area contributed by atoms with Crippen LogP contribution >= 0.6 is 0 Å². The normalized spacial score (nSPS) is 18.3.